The van der Waals surface area contributed by atoms with Gasteiger partial charge in [0.1, 0.15) is 12.4 Å². The molecule has 2 aromatic heterocycles. The van der Waals surface area contributed by atoms with Gasteiger partial charge in [0.2, 0.25) is 0 Å². The SMILES string of the molecule is C#CCOc1cccc(NC(=O)c2ccc(-n3nc(C)cc3C)nc2)c1. The second-order valence-corrected chi connectivity index (χ2v) is 5.72. The Hall–Kier alpha value is -3.59. The Morgan fingerprint density at radius 3 is 2.77 bits per heavy atom. The number of carbonyl (C=O) groups excluding carboxylic acids is 1. The highest BCUT2D eigenvalue weighted by molar-refractivity contribution is 6.04. The van der Waals surface area contributed by atoms with Gasteiger partial charge in [-0.3, -0.25) is 4.79 Å². The van der Waals surface area contributed by atoms with E-state index in [-0.39, 0.29) is 12.5 Å². The summed E-state index contributed by atoms with van der Waals surface area (Å²) in [6, 6.07) is 12.5. The van der Waals surface area contributed by atoms with Crippen LogP contribution in [-0.4, -0.2) is 27.3 Å². The summed E-state index contributed by atoms with van der Waals surface area (Å²) in [5, 5.41) is 7.20. The molecule has 0 aliphatic carbocycles. The van der Waals surface area contributed by atoms with Gasteiger partial charge in [0.05, 0.1) is 11.3 Å². The maximum absolute atomic E-state index is 12.4. The Bertz CT molecular complexity index is 968. The monoisotopic (exact) mass is 346 g/mol. The third kappa shape index (κ3) is 3.90. The van der Waals surface area contributed by atoms with E-state index in [9.17, 15) is 4.79 Å². The lowest BCUT2D eigenvalue weighted by molar-refractivity contribution is 0.102. The van der Waals surface area contributed by atoms with E-state index in [1.54, 1.807) is 41.1 Å². The van der Waals surface area contributed by atoms with E-state index < -0.39 is 0 Å². The Labute approximate surface area is 151 Å². The lowest BCUT2D eigenvalue weighted by Crippen LogP contribution is -2.13. The summed E-state index contributed by atoms with van der Waals surface area (Å²) < 4.78 is 7.09. The van der Waals surface area contributed by atoms with Crippen molar-refractivity contribution in [2.75, 3.05) is 11.9 Å². The zero-order chi connectivity index (χ0) is 18.5. The predicted molar refractivity (Wildman–Crippen MR) is 99.6 cm³/mol. The molecule has 1 amide bonds. The molecule has 0 atom stereocenters. The number of anilines is 1. The first-order chi connectivity index (χ1) is 12.6. The topological polar surface area (TPSA) is 69.0 Å². The van der Waals surface area contributed by atoms with Gasteiger partial charge in [-0.2, -0.15) is 5.10 Å². The number of carbonyl (C=O) groups is 1. The second kappa shape index (κ2) is 7.53. The van der Waals surface area contributed by atoms with Crippen LogP contribution >= 0.6 is 0 Å². The maximum atomic E-state index is 12.4. The van der Waals surface area contributed by atoms with Gasteiger partial charge in [-0.15, -0.1) is 6.42 Å². The molecule has 0 spiro atoms. The van der Waals surface area contributed by atoms with Gasteiger partial charge in [-0.05, 0) is 44.2 Å². The van der Waals surface area contributed by atoms with Crippen molar-refractivity contribution in [3.8, 4) is 23.9 Å². The summed E-state index contributed by atoms with van der Waals surface area (Å²) in [7, 11) is 0. The van der Waals surface area contributed by atoms with Crippen molar-refractivity contribution in [1.29, 1.82) is 0 Å². The molecule has 0 unspecified atom stereocenters. The molecule has 0 saturated carbocycles. The molecular formula is C20H18N4O2. The van der Waals surface area contributed by atoms with Crippen LogP contribution in [0.1, 0.15) is 21.7 Å². The average molecular weight is 346 g/mol. The number of hydrogen-bond acceptors (Lipinski definition) is 4. The van der Waals surface area contributed by atoms with Gasteiger partial charge >= 0.3 is 0 Å². The first-order valence-corrected chi connectivity index (χ1v) is 8.04. The number of nitrogens with one attached hydrogen (secondary N) is 1. The molecule has 1 N–H and O–H groups in total. The zero-order valence-corrected chi connectivity index (χ0v) is 14.6. The molecule has 6 heteroatoms. The molecule has 1 aromatic carbocycles. The lowest BCUT2D eigenvalue weighted by Gasteiger charge is -2.08. The molecule has 130 valence electrons. The first kappa shape index (κ1) is 17.2. The number of aromatic nitrogens is 3. The lowest BCUT2D eigenvalue weighted by atomic mass is 10.2. The number of hydrogen-bond donors (Lipinski definition) is 1. The average Bonchev–Trinajstić information content (AvgIpc) is 2.98. The van der Waals surface area contributed by atoms with E-state index >= 15 is 0 Å². The van der Waals surface area contributed by atoms with E-state index in [0.717, 1.165) is 11.4 Å². The Balaban J connectivity index is 1.72. The van der Waals surface area contributed by atoms with Gasteiger partial charge < -0.3 is 10.1 Å². The predicted octanol–water partition coefficient (Wildman–Crippen LogP) is 3.15. The molecule has 0 bridgehead atoms. The quantitative estimate of drug-likeness (QED) is 0.721. The van der Waals surface area contributed by atoms with Gasteiger partial charge in [0, 0.05) is 23.6 Å². The number of rotatable bonds is 5. The number of terminal acetylenes is 1. The van der Waals surface area contributed by atoms with Crippen LogP contribution < -0.4 is 10.1 Å². The first-order valence-electron chi connectivity index (χ1n) is 8.04. The zero-order valence-electron chi connectivity index (χ0n) is 14.6. The molecule has 3 aromatic rings. The minimum absolute atomic E-state index is 0.176. The number of ether oxygens (including phenoxy) is 1. The van der Waals surface area contributed by atoms with Crippen LogP contribution in [0.3, 0.4) is 0 Å². The van der Waals surface area contributed by atoms with Crippen molar-refractivity contribution < 1.29 is 9.53 Å². The van der Waals surface area contributed by atoms with Gasteiger partial charge in [-0.25, -0.2) is 9.67 Å². The minimum atomic E-state index is -0.258. The number of amides is 1. The minimum Gasteiger partial charge on any atom is -0.481 e. The molecular weight excluding hydrogens is 328 g/mol. The standard InChI is InChI=1S/C20H18N4O2/c1-4-10-26-18-7-5-6-17(12-18)22-20(25)16-8-9-19(21-13-16)24-15(3)11-14(2)23-24/h1,5-9,11-13H,10H2,2-3H3,(H,22,25). The largest absolute Gasteiger partial charge is 0.481 e. The summed E-state index contributed by atoms with van der Waals surface area (Å²) >= 11 is 0. The number of nitrogens with zero attached hydrogens (tertiary/aromatic N) is 3. The molecule has 0 radical (unpaired) electrons. The van der Waals surface area contributed by atoms with Crippen LogP contribution in [0.25, 0.3) is 5.82 Å². The third-order valence-electron chi connectivity index (χ3n) is 3.65. The van der Waals surface area contributed by atoms with Gasteiger partial charge in [0.15, 0.2) is 5.82 Å². The van der Waals surface area contributed by atoms with Gasteiger partial charge in [0.25, 0.3) is 5.91 Å². The Morgan fingerprint density at radius 2 is 2.12 bits per heavy atom. The highest BCUT2D eigenvalue weighted by Crippen LogP contribution is 2.18. The van der Waals surface area contributed by atoms with Crippen molar-refractivity contribution in [3.63, 3.8) is 0 Å². The van der Waals surface area contributed by atoms with Crippen LogP contribution in [0.4, 0.5) is 5.69 Å². The molecule has 2 heterocycles. The van der Waals surface area contributed by atoms with E-state index in [2.05, 4.69) is 21.3 Å². The van der Waals surface area contributed by atoms with Gasteiger partial charge in [-0.1, -0.05) is 12.0 Å². The van der Waals surface area contributed by atoms with E-state index in [1.165, 1.54) is 6.20 Å². The molecule has 0 fully saturated rings. The van der Waals surface area contributed by atoms with E-state index in [4.69, 9.17) is 11.2 Å². The summed E-state index contributed by atoms with van der Waals surface area (Å²) in [5.74, 6) is 3.40. The van der Waals surface area contributed by atoms with Crippen molar-refractivity contribution in [1.82, 2.24) is 14.8 Å². The van der Waals surface area contributed by atoms with Crippen molar-refractivity contribution in [2.24, 2.45) is 0 Å². The van der Waals surface area contributed by atoms with Crippen LogP contribution in [0, 0.1) is 26.2 Å². The smallest absolute Gasteiger partial charge is 0.257 e. The number of benzene rings is 1. The normalized spacial score (nSPS) is 10.2. The molecule has 26 heavy (non-hydrogen) atoms. The highest BCUT2D eigenvalue weighted by Gasteiger charge is 2.10. The van der Waals surface area contributed by atoms with E-state index in [1.807, 2.05) is 19.9 Å². The third-order valence-corrected chi connectivity index (χ3v) is 3.65. The highest BCUT2D eigenvalue weighted by atomic mass is 16.5. The van der Waals surface area contributed by atoms with Crippen LogP contribution in [0.5, 0.6) is 5.75 Å². The second-order valence-electron chi connectivity index (χ2n) is 5.72. The fourth-order valence-corrected chi connectivity index (χ4v) is 2.50. The number of pyridine rings is 1. The molecule has 0 aliphatic heterocycles. The summed E-state index contributed by atoms with van der Waals surface area (Å²) in [4.78, 5) is 16.7. The molecule has 0 aliphatic rings. The Morgan fingerprint density at radius 1 is 1.27 bits per heavy atom. The summed E-state index contributed by atoms with van der Waals surface area (Å²) in [5.41, 5.74) is 2.96. The van der Waals surface area contributed by atoms with Crippen LogP contribution in [-0.2, 0) is 0 Å². The van der Waals surface area contributed by atoms with E-state index in [0.29, 0.717) is 22.8 Å². The molecule has 0 saturated heterocycles. The summed E-state index contributed by atoms with van der Waals surface area (Å²) in [6.45, 7) is 4.05. The number of aryl methyl sites for hydroxylation is 2. The van der Waals surface area contributed by atoms with Crippen molar-refractivity contribution in [3.05, 3.63) is 65.6 Å². The van der Waals surface area contributed by atoms with Crippen LogP contribution in [0.15, 0.2) is 48.7 Å². The summed E-state index contributed by atoms with van der Waals surface area (Å²) in [6.07, 6.45) is 6.71. The maximum Gasteiger partial charge on any atom is 0.257 e. The molecule has 6 nitrogen and oxygen atoms in total. The van der Waals surface area contributed by atoms with Crippen LogP contribution in [0.2, 0.25) is 0 Å². The fourth-order valence-electron chi connectivity index (χ4n) is 2.50. The Kier molecular flexibility index (Phi) is 4.99. The van der Waals surface area contributed by atoms with Crippen molar-refractivity contribution in [2.45, 2.75) is 13.8 Å². The molecule has 3 rings (SSSR count). The van der Waals surface area contributed by atoms with Crippen molar-refractivity contribution >= 4 is 11.6 Å². The fraction of sp³-hybridized carbons (Fsp3) is 0.150.